The highest BCUT2D eigenvalue weighted by atomic mass is 16.6. The van der Waals surface area contributed by atoms with E-state index in [1.165, 1.54) is 12.3 Å². The Bertz CT molecular complexity index is 429. The van der Waals surface area contributed by atoms with E-state index < -0.39 is 17.7 Å². The molecule has 6 heteroatoms. The van der Waals surface area contributed by atoms with Gasteiger partial charge in [-0.2, -0.15) is 0 Å². The number of carboxylic acid groups (broad SMARTS) is 1. The van der Waals surface area contributed by atoms with E-state index in [9.17, 15) is 9.59 Å². The predicted octanol–water partition coefficient (Wildman–Crippen LogP) is 1.55. The Morgan fingerprint density at radius 2 is 2.00 bits per heavy atom. The Hall–Kier alpha value is -1.98. The van der Waals surface area contributed by atoms with Crippen molar-refractivity contribution >= 4 is 17.7 Å². The first kappa shape index (κ1) is 12.1. The molecule has 3 N–H and O–H groups in total. The summed E-state index contributed by atoms with van der Waals surface area (Å²) in [5, 5.41) is 8.84. The Morgan fingerprint density at radius 3 is 2.44 bits per heavy atom. The zero-order chi connectivity index (χ0) is 12.5. The molecule has 6 nitrogen and oxygen atoms in total. The van der Waals surface area contributed by atoms with Crippen LogP contribution in [0.15, 0.2) is 12.3 Å². The van der Waals surface area contributed by atoms with Crippen LogP contribution in [0.4, 0.5) is 10.5 Å². The Balaban J connectivity index is 3.04. The number of carboxylic acids is 1. The Kier molecular flexibility index (Phi) is 2.93. The third-order valence-electron chi connectivity index (χ3n) is 1.65. The number of rotatable bonds is 1. The number of nitrogens with two attached hydrogens (primary N) is 1. The summed E-state index contributed by atoms with van der Waals surface area (Å²) in [5.41, 5.74) is 4.72. The molecule has 0 amide bonds. The van der Waals surface area contributed by atoms with Crippen molar-refractivity contribution in [2.75, 3.05) is 5.73 Å². The number of nitrogens with zero attached hydrogens (tertiary/aromatic N) is 1. The Morgan fingerprint density at radius 1 is 1.44 bits per heavy atom. The molecule has 0 spiro atoms. The van der Waals surface area contributed by atoms with Crippen LogP contribution in [0, 0.1) is 0 Å². The number of hydrogen-bond acceptors (Lipinski definition) is 4. The lowest BCUT2D eigenvalue weighted by molar-refractivity contribution is 0.0506. The molecule has 0 bridgehead atoms. The highest BCUT2D eigenvalue weighted by Gasteiger charge is 2.22. The maximum absolute atomic E-state index is 11.6. The molecule has 0 aliphatic carbocycles. The second kappa shape index (κ2) is 3.88. The van der Waals surface area contributed by atoms with Gasteiger partial charge in [0, 0.05) is 6.20 Å². The molecule has 0 atom stereocenters. The molecule has 1 rings (SSSR count). The fourth-order valence-corrected chi connectivity index (χ4v) is 1.11. The molecule has 0 saturated heterocycles. The van der Waals surface area contributed by atoms with Gasteiger partial charge in [0.15, 0.2) is 0 Å². The van der Waals surface area contributed by atoms with Crippen molar-refractivity contribution in [2.24, 2.45) is 0 Å². The molecule has 0 saturated carbocycles. The van der Waals surface area contributed by atoms with Gasteiger partial charge in [0.1, 0.15) is 11.3 Å². The summed E-state index contributed by atoms with van der Waals surface area (Å²) < 4.78 is 5.91. The van der Waals surface area contributed by atoms with E-state index in [0.717, 1.165) is 4.57 Å². The van der Waals surface area contributed by atoms with Gasteiger partial charge in [-0.1, -0.05) is 0 Å². The second-order valence-electron chi connectivity index (χ2n) is 4.31. The Labute approximate surface area is 92.6 Å². The molecule has 0 aromatic carbocycles. The highest BCUT2D eigenvalue weighted by Crippen LogP contribution is 2.14. The minimum atomic E-state index is -1.23. The quantitative estimate of drug-likeness (QED) is 0.757. The van der Waals surface area contributed by atoms with E-state index in [-0.39, 0.29) is 11.4 Å². The smallest absolute Gasteiger partial charge is 0.419 e. The lowest BCUT2D eigenvalue weighted by Gasteiger charge is -2.19. The standard InChI is InChI=1S/C10H14N2O4/c1-10(2,3)16-9(15)12-5-6(11)4-7(12)8(13)14/h4-5H,11H2,1-3H3,(H,13,14). The molecule has 0 fully saturated rings. The molecule has 16 heavy (non-hydrogen) atoms. The molecule has 1 heterocycles. The van der Waals surface area contributed by atoms with Gasteiger partial charge in [0.05, 0.1) is 5.69 Å². The first-order valence-electron chi connectivity index (χ1n) is 4.65. The first-order valence-corrected chi connectivity index (χ1v) is 4.65. The molecule has 1 aromatic heterocycles. The minimum absolute atomic E-state index is 0.197. The summed E-state index contributed by atoms with van der Waals surface area (Å²) in [6, 6.07) is 1.20. The SMILES string of the molecule is CC(C)(C)OC(=O)n1cc(N)cc1C(=O)O. The van der Waals surface area contributed by atoms with E-state index in [2.05, 4.69) is 0 Å². The number of aromatic nitrogens is 1. The van der Waals surface area contributed by atoms with Gasteiger partial charge in [-0.15, -0.1) is 0 Å². The van der Waals surface area contributed by atoms with Crippen LogP contribution in [0.25, 0.3) is 0 Å². The number of nitrogen functional groups attached to an aromatic ring is 1. The predicted molar refractivity (Wildman–Crippen MR) is 57.4 cm³/mol. The normalized spacial score (nSPS) is 11.2. The van der Waals surface area contributed by atoms with Crippen LogP contribution in [0.5, 0.6) is 0 Å². The third-order valence-corrected chi connectivity index (χ3v) is 1.65. The van der Waals surface area contributed by atoms with E-state index in [0.29, 0.717) is 0 Å². The maximum Gasteiger partial charge on any atom is 0.419 e. The van der Waals surface area contributed by atoms with Gasteiger partial charge >= 0.3 is 12.1 Å². The average Bonchev–Trinajstić information content (AvgIpc) is 2.44. The molecule has 1 aromatic rings. The van der Waals surface area contributed by atoms with Crippen LogP contribution in [0.2, 0.25) is 0 Å². The molecule has 88 valence electrons. The van der Waals surface area contributed by atoms with E-state index >= 15 is 0 Å². The van der Waals surface area contributed by atoms with Crippen LogP contribution < -0.4 is 5.73 Å². The number of anilines is 1. The summed E-state index contributed by atoms with van der Waals surface area (Å²) in [6.45, 7) is 5.08. The van der Waals surface area contributed by atoms with E-state index in [4.69, 9.17) is 15.6 Å². The van der Waals surface area contributed by atoms with Crippen LogP contribution in [-0.4, -0.2) is 27.3 Å². The second-order valence-corrected chi connectivity index (χ2v) is 4.31. The highest BCUT2D eigenvalue weighted by molar-refractivity contribution is 5.92. The fourth-order valence-electron chi connectivity index (χ4n) is 1.11. The molecule has 0 radical (unpaired) electrons. The number of carbonyl (C=O) groups excluding carboxylic acids is 1. The van der Waals surface area contributed by atoms with Crippen molar-refractivity contribution in [1.29, 1.82) is 0 Å². The monoisotopic (exact) mass is 226 g/mol. The van der Waals surface area contributed by atoms with Crippen molar-refractivity contribution in [3.05, 3.63) is 18.0 Å². The summed E-state index contributed by atoms with van der Waals surface area (Å²) in [5.74, 6) is -1.23. The number of hydrogen-bond donors (Lipinski definition) is 2. The van der Waals surface area contributed by atoms with Crippen molar-refractivity contribution in [1.82, 2.24) is 4.57 Å². The lowest BCUT2D eigenvalue weighted by Crippen LogP contribution is -2.28. The van der Waals surface area contributed by atoms with Crippen LogP contribution >= 0.6 is 0 Å². The lowest BCUT2D eigenvalue weighted by atomic mass is 10.2. The largest absolute Gasteiger partial charge is 0.477 e. The van der Waals surface area contributed by atoms with Crippen molar-refractivity contribution in [3.63, 3.8) is 0 Å². The average molecular weight is 226 g/mol. The molecular formula is C10H14N2O4. The first-order chi connectivity index (χ1) is 7.20. The van der Waals surface area contributed by atoms with Crippen molar-refractivity contribution in [3.8, 4) is 0 Å². The van der Waals surface area contributed by atoms with Crippen molar-refractivity contribution < 1.29 is 19.4 Å². The van der Waals surface area contributed by atoms with E-state index in [1.54, 1.807) is 20.8 Å². The van der Waals surface area contributed by atoms with Gasteiger partial charge in [-0.25, -0.2) is 14.2 Å². The zero-order valence-electron chi connectivity index (χ0n) is 9.35. The van der Waals surface area contributed by atoms with Crippen molar-refractivity contribution in [2.45, 2.75) is 26.4 Å². The van der Waals surface area contributed by atoms with Gasteiger partial charge in [0.25, 0.3) is 0 Å². The zero-order valence-corrected chi connectivity index (χ0v) is 9.35. The van der Waals surface area contributed by atoms with Gasteiger partial charge in [-0.3, -0.25) is 0 Å². The molecular weight excluding hydrogens is 212 g/mol. The molecule has 0 aliphatic rings. The summed E-state index contributed by atoms with van der Waals surface area (Å²) in [7, 11) is 0. The van der Waals surface area contributed by atoms with Crippen LogP contribution in [0.1, 0.15) is 31.3 Å². The van der Waals surface area contributed by atoms with Crippen LogP contribution in [-0.2, 0) is 4.74 Å². The minimum Gasteiger partial charge on any atom is -0.477 e. The summed E-state index contributed by atoms with van der Waals surface area (Å²) >= 11 is 0. The third kappa shape index (κ3) is 2.75. The number of aromatic carboxylic acids is 1. The molecule has 0 aliphatic heterocycles. The van der Waals surface area contributed by atoms with Gasteiger partial charge < -0.3 is 15.6 Å². The topological polar surface area (TPSA) is 94.5 Å². The number of ether oxygens (including phenoxy) is 1. The summed E-state index contributed by atoms with van der Waals surface area (Å²) in [4.78, 5) is 22.4. The molecule has 0 unspecified atom stereocenters. The number of carbonyl (C=O) groups is 2. The van der Waals surface area contributed by atoms with E-state index in [1.807, 2.05) is 0 Å². The van der Waals surface area contributed by atoms with Crippen LogP contribution in [0.3, 0.4) is 0 Å². The fraction of sp³-hybridized carbons (Fsp3) is 0.400. The van der Waals surface area contributed by atoms with Gasteiger partial charge in [-0.05, 0) is 26.8 Å². The summed E-state index contributed by atoms with van der Waals surface area (Å²) in [6.07, 6.45) is 0.457. The van der Waals surface area contributed by atoms with Gasteiger partial charge in [0.2, 0.25) is 0 Å². The maximum atomic E-state index is 11.6.